The van der Waals surface area contributed by atoms with Crippen LogP contribution in [0.15, 0.2) is 72.8 Å². The largest absolute Gasteiger partial charge is 0.376 e. The summed E-state index contributed by atoms with van der Waals surface area (Å²) in [5, 5.41) is 16.3. The van der Waals surface area contributed by atoms with Crippen LogP contribution in [0.1, 0.15) is 24.4 Å². The average Bonchev–Trinajstić information content (AvgIpc) is 3.65. The SMILES string of the molecule is O=C(NC[C@@H]1CCCO1)[C@@H](c1ccc(F)cc1)N(C(=O)Cn1nnc(-c2ccc(Cl)cc2)n1)c1ccc(Cl)cc1. The van der Waals surface area contributed by atoms with Gasteiger partial charge < -0.3 is 10.1 Å². The molecule has 40 heavy (non-hydrogen) atoms. The van der Waals surface area contributed by atoms with Gasteiger partial charge in [-0.05, 0) is 84.3 Å². The molecule has 1 aliphatic heterocycles. The van der Waals surface area contributed by atoms with E-state index in [4.69, 9.17) is 27.9 Å². The molecule has 1 N–H and O–H groups in total. The molecule has 3 aromatic carbocycles. The number of nitrogens with zero attached hydrogens (tertiary/aromatic N) is 5. The first kappa shape index (κ1) is 27.7. The van der Waals surface area contributed by atoms with Crippen LogP contribution < -0.4 is 10.2 Å². The van der Waals surface area contributed by atoms with Gasteiger partial charge in [-0.25, -0.2) is 4.39 Å². The summed E-state index contributed by atoms with van der Waals surface area (Å²) in [6, 6.07) is 17.7. The minimum atomic E-state index is -1.13. The van der Waals surface area contributed by atoms with E-state index >= 15 is 0 Å². The van der Waals surface area contributed by atoms with Gasteiger partial charge in [-0.1, -0.05) is 35.3 Å². The van der Waals surface area contributed by atoms with Gasteiger partial charge in [0.2, 0.25) is 11.7 Å². The molecule has 2 heterocycles. The number of carbonyl (C=O) groups excluding carboxylic acids is 2. The predicted molar refractivity (Wildman–Crippen MR) is 148 cm³/mol. The number of carbonyl (C=O) groups is 2. The van der Waals surface area contributed by atoms with Crippen molar-refractivity contribution in [1.82, 2.24) is 25.5 Å². The van der Waals surface area contributed by atoms with Crippen molar-refractivity contribution >= 4 is 40.7 Å². The van der Waals surface area contributed by atoms with Crippen LogP contribution in [0.25, 0.3) is 11.4 Å². The number of benzene rings is 3. The van der Waals surface area contributed by atoms with Gasteiger partial charge in [0.15, 0.2) is 0 Å². The minimum absolute atomic E-state index is 0.108. The quantitative estimate of drug-likeness (QED) is 0.302. The number of aromatic nitrogens is 4. The highest BCUT2D eigenvalue weighted by molar-refractivity contribution is 6.31. The maximum Gasteiger partial charge on any atom is 0.251 e. The lowest BCUT2D eigenvalue weighted by atomic mass is 10.0. The van der Waals surface area contributed by atoms with Crippen LogP contribution in [-0.4, -0.2) is 51.3 Å². The van der Waals surface area contributed by atoms with Gasteiger partial charge in [0.1, 0.15) is 18.4 Å². The second-order valence-corrected chi connectivity index (χ2v) is 10.1. The molecule has 4 aromatic rings. The molecule has 1 saturated heterocycles. The Kier molecular flexibility index (Phi) is 8.69. The van der Waals surface area contributed by atoms with Crippen molar-refractivity contribution in [3.8, 4) is 11.4 Å². The Balaban J connectivity index is 1.47. The number of halogens is 3. The van der Waals surface area contributed by atoms with Gasteiger partial charge in [0, 0.05) is 34.4 Å². The first-order valence-corrected chi connectivity index (χ1v) is 13.4. The predicted octanol–water partition coefficient (Wildman–Crippen LogP) is 4.86. The number of rotatable bonds is 9. The van der Waals surface area contributed by atoms with Crippen LogP contribution in [0.2, 0.25) is 10.0 Å². The van der Waals surface area contributed by atoms with Crippen LogP contribution in [0, 0.1) is 5.82 Å². The first-order valence-electron chi connectivity index (χ1n) is 12.6. The zero-order chi connectivity index (χ0) is 28.1. The molecule has 0 saturated carbocycles. The van der Waals surface area contributed by atoms with Gasteiger partial charge in [-0.15, -0.1) is 10.2 Å². The summed E-state index contributed by atoms with van der Waals surface area (Å²) < 4.78 is 19.5. The fourth-order valence-electron chi connectivity index (χ4n) is 4.44. The Bertz CT molecular complexity index is 1460. The van der Waals surface area contributed by atoms with Crippen molar-refractivity contribution in [2.24, 2.45) is 0 Å². The Labute approximate surface area is 239 Å². The normalized spacial score (nSPS) is 15.5. The van der Waals surface area contributed by atoms with Gasteiger partial charge in [-0.3, -0.25) is 14.5 Å². The Hall–Kier alpha value is -3.86. The van der Waals surface area contributed by atoms with Gasteiger partial charge in [-0.2, -0.15) is 4.80 Å². The molecule has 2 atom stereocenters. The van der Waals surface area contributed by atoms with Gasteiger partial charge in [0.25, 0.3) is 5.91 Å². The molecule has 206 valence electrons. The number of amides is 2. The molecule has 1 aliphatic rings. The summed E-state index contributed by atoms with van der Waals surface area (Å²) in [6.45, 7) is 0.606. The summed E-state index contributed by atoms with van der Waals surface area (Å²) >= 11 is 12.1. The number of ether oxygens (including phenoxy) is 1. The van der Waals surface area contributed by atoms with E-state index in [0.29, 0.717) is 39.3 Å². The molecule has 0 bridgehead atoms. The summed E-state index contributed by atoms with van der Waals surface area (Å²) in [4.78, 5) is 30.1. The third-order valence-corrected chi connectivity index (χ3v) is 6.93. The highest BCUT2D eigenvalue weighted by Gasteiger charge is 2.34. The number of anilines is 1. The van der Waals surface area contributed by atoms with E-state index in [9.17, 15) is 14.0 Å². The third kappa shape index (κ3) is 6.64. The van der Waals surface area contributed by atoms with E-state index in [1.54, 1.807) is 48.5 Å². The lowest BCUT2D eigenvalue weighted by Crippen LogP contribution is -2.46. The molecule has 9 nitrogen and oxygen atoms in total. The second-order valence-electron chi connectivity index (χ2n) is 9.22. The van der Waals surface area contributed by atoms with Crippen molar-refractivity contribution in [1.29, 1.82) is 0 Å². The van der Waals surface area contributed by atoms with E-state index in [0.717, 1.165) is 17.6 Å². The molecule has 0 radical (unpaired) electrons. The van der Waals surface area contributed by atoms with E-state index < -0.39 is 23.7 Å². The summed E-state index contributed by atoms with van der Waals surface area (Å²) in [6.07, 6.45) is 1.64. The zero-order valence-corrected chi connectivity index (χ0v) is 22.7. The monoisotopic (exact) mass is 582 g/mol. The Morgan fingerprint density at radius 3 is 2.35 bits per heavy atom. The molecule has 0 unspecified atom stereocenters. The average molecular weight is 583 g/mol. The molecule has 1 fully saturated rings. The smallest absolute Gasteiger partial charge is 0.251 e. The fourth-order valence-corrected chi connectivity index (χ4v) is 4.69. The van der Waals surface area contributed by atoms with Crippen molar-refractivity contribution in [3.63, 3.8) is 0 Å². The fraction of sp³-hybridized carbons (Fsp3) is 0.250. The van der Waals surface area contributed by atoms with Crippen LogP contribution in [-0.2, 0) is 20.9 Å². The summed E-state index contributed by atoms with van der Waals surface area (Å²) in [5.41, 5.74) is 1.51. The first-order chi connectivity index (χ1) is 19.4. The molecular weight excluding hydrogens is 558 g/mol. The standard InChI is InChI=1S/C28H25Cl2FN6O3/c29-20-7-3-19(4-8-20)27-33-35-36(34-27)17-25(38)37(23-13-9-21(30)10-14-23)26(18-5-11-22(31)12-6-18)28(39)32-16-24-2-1-15-40-24/h3-14,24,26H,1-2,15-17H2,(H,32,39)/t24-,26+/m0/s1. The zero-order valence-electron chi connectivity index (χ0n) is 21.2. The van der Waals surface area contributed by atoms with Crippen molar-refractivity contribution in [2.45, 2.75) is 31.5 Å². The lowest BCUT2D eigenvalue weighted by Gasteiger charge is -2.31. The van der Waals surface area contributed by atoms with E-state index in [-0.39, 0.29) is 19.2 Å². The number of hydrogen-bond donors (Lipinski definition) is 1. The van der Waals surface area contributed by atoms with E-state index in [1.165, 1.54) is 29.2 Å². The van der Waals surface area contributed by atoms with Crippen LogP contribution in [0.4, 0.5) is 10.1 Å². The maximum atomic E-state index is 13.9. The molecular formula is C28H25Cl2FN6O3. The second kappa shape index (κ2) is 12.5. The summed E-state index contributed by atoms with van der Waals surface area (Å²) in [7, 11) is 0. The lowest BCUT2D eigenvalue weighted by molar-refractivity contribution is -0.127. The topological polar surface area (TPSA) is 102 Å². The van der Waals surface area contributed by atoms with Crippen LogP contribution in [0.5, 0.6) is 0 Å². The Morgan fingerprint density at radius 1 is 1.02 bits per heavy atom. The van der Waals surface area contributed by atoms with E-state index in [2.05, 4.69) is 20.7 Å². The van der Waals surface area contributed by atoms with Crippen LogP contribution >= 0.6 is 23.2 Å². The number of hydrogen-bond acceptors (Lipinski definition) is 6. The Morgan fingerprint density at radius 2 is 1.70 bits per heavy atom. The van der Waals surface area contributed by atoms with E-state index in [1.807, 2.05) is 0 Å². The van der Waals surface area contributed by atoms with Gasteiger partial charge in [0.05, 0.1) is 6.10 Å². The minimum Gasteiger partial charge on any atom is -0.376 e. The molecule has 5 rings (SSSR count). The number of tetrazole rings is 1. The third-order valence-electron chi connectivity index (χ3n) is 6.43. The highest BCUT2D eigenvalue weighted by atomic mass is 35.5. The molecule has 12 heteroatoms. The molecule has 2 amide bonds. The van der Waals surface area contributed by atoms with Crippen LogP contribution in [0.3, 0.4) is 0 Å². The molecule has 1 aromatic heterocycles. The van der Waals surface area contributed by atoms with Crippen molar-refractivity contribution < 1.29 is 18.7 Å². The van der Waals surface area contributed by atoms with Crippen molar-refractivity contribution in [3.05, 3.63) is 94.2 Å². The maximum absolute atomic E-state index is 13.9. The van der Waals surface area contributed by atoms with Crippen molar-refractivity contribution in [2.75, 3.05) is 18.1 Å². The number of nitrogens with one attached hydrogen (secondary N) is 1. The molecule has 0 aliphatic carbocycles. The highest BCUT2D eigenvalue weighted by Crippen LogP contribution is 2.30. The summed E-state index contributed by atoms with van der Waals surface area (Å²) in [5.74, 6) is -1.09. The van der Waals surface area contributed by atoms with Gasteiger partial charge >= 0.3 is 0 Å². The molecule has 0 spiro atoms.